The standard InChI is InChI=1S/C23H34N2O14/c26-18-1-2-19(27)24(18)38-22(30)3-5-32-7-9-34-11-13-36-15-16-37-14-12-35-10-8-33-6-4-23(31)39-25-20(28)17-21(25)29/h1-17H2. The first kappa shape index (κ1) is 32.2. The first-order chi connectivity index (χ1) is 18.9. The minimum atomic E-state index is -0.723. The molecule has 16 heteroatoms. The van der Waals surface area contributed by atoms with Gasteiger partial charge in [0.25, 0.3) is 23.6 Å². The Morgan fingerprint density at radius 2 is 0.744 bits per heavy atom. The summed E-state index contributed by atoms with van der Waals surface area (Å²) in [6.45, 7) is 3.54. The van der Waals surface area contributed by atoms with Gasteiger partial charge in [-0.2, -0.15) is 0 Å². The zero-order valence-electron chi connectivity index (χ0n) is 21.6. The number of β-lactam (4-membered cyclic amide) rings is 2. The molecule has 0 N–H and O–H groups in total. The minimum absolute atomic E-state index is 0.0475. The van der Waals surface area contributed by atoms with Gasteiger partial charge in [0.1, 0.15) is 6.42 Å². The van der Waals surface area contributed by atoms with Crippen LogP contribution in [0.25, 0.3) is 0 Å². The van der Waals surface area contributed by atoms with Gasteiger partial charge in [0.05, 0.1) is 92.1 Å². The molecule has 2 fully saturated rings. The van der Waals surface area contributed by atoms with Gasteiger partial charge in [-0.3, -0.25) is 19.2 Å². The van der Waals surface area contributed by atoms with Gasteiger partial charge in [0.15, 0.2) is 0 Å². The van der Waals surface area contributed by atoms with E-state index in [4.69, 9.17) is 33.3 Å². The van der Waals surface area contributed by atoms with Crippen molar-refractivity contribution < 1.29 is 66.9 Å². The average Bonchev–Trinajstić information content (AvgIpc) is 3.22. The molecule has 0 saturated carbocycles. The number of amides is 4. The van der Waals surface area contributed by atoms with E-state index in [1.165, 1.54) is 0 Å². The number of carbonyl (C=O) groups excluding carboxylic acids is 6. The SMILES string of the molecule is O=C(CCOCCOCCOCCOCCOCCOCCC(=O)ON1C(=O)CC1=O)ON1C(=O)CCC1=O. The van der Waals surface area contributed by atoms with E-state index in [1.54, 1.807) is 0 Å². The highest BCUT2D eigenvalue weighted by molar-refractivity contribution is 6.14. The molecule has 0 aromatic carbocycles. The van der Waals surface area contributed by atoms with Gasteiger partial charge < -0.3 is 38.1 Å². The van der Waals surface area contributed by atoms with Crippen LogP contribution in [-0.4, -0.2) is 125 Å². The molecule has 0 unspecified atom stereocenters. The Balaban J connectivity index is 1.23. The molecule has 0 aromatic rings. The number of rotatable bonds is 23. The van der Waals surface area contributed by atoms with Crippen molar-refractivity contribution in [2.75, 3.05) is 79.3 Å². The summed E-state index contributed by atoms with van der Waals surface area (Å²) >= 11 is 0. The van der Waals surface area contributed by atoms with Crippen molar-refractivity contribution in [3.05, 3.63) is 0 Å². The number of hydrogen-bond acceptors (Lipinski definition) is 14. The molecular formula is C23H34N2O14. The van der Waals surface area contributed by atoms with Crippen LogP contribution in [0.15, 0.2) is 0 Å². The van der Waals surface area contributed by atoms with E-state index in [-0.39, 0.29) is 58.5 Å². The van der Waals surface area contributed by atoms with Crippen LogP contribution >= 0.6 is 0 Å². The highest BCUT2D eigenvalue weighted by Gasteiger charge is 2.38. The Bertz CT molecular complexity index is 806. The second-order valence-electron chi connectivity index (χ2n) is 7.94. The maximum Gasteiger partial charge on any atom is 0.335 e. The van der Waals surface area contributed by atoms with Crippen LogP contribution in [0.1, 0.15) is 32.1 Å². The smallest absolute Gasteiger partial charge is 0.335 e. The third-order valence-electron chi connectivity index (χ3n) is 4.91. The van der Waals surface area contributed by atoms with Gasteiger partial charge in [0.2, 0.25) is 0 Å². The van der Waals surface area contributed by atoms with Crippen molar-refractivity contribution in [3.63, 3.8) is 0 Å². The molecule has 16 nitrogen and oxygen atoms in total. The van der Waals surface area contributed by atoms with Crippen LogP contribution < -0.4 is 0 Å². The van der Waals surface area contributed by atoms with Crippen LogP contribution in [0.5, 0.6) is 0 Å². The molecule has 2 saturated heterocycles. The summed E-state index contributed by atoms with van der Waals surface area (Å²) in [6.07, 6.45) is -0.331. The zero-order valence-corrected chi connectivity index (χ0v) is 21.6. The van der Waals surface area contributed by atoms with Crippen LogP contribution in [0.3, 0.4) is 0 Å². The second-order valence-corrected chi connectivity index (χ2v) is 7.94. The van der Waals surface area contributed by atoms with Gasteiger partial charge >= 0.3 is 11.9 Å². The van der Waals surface area contributed by atoms with E-state index >= 15 is 0 Å². The molecule has 0 bridgehead atoms. The first-order valence-electron chi connectivity index (χ1n) is 12.5. The fraction of sp³-hybridized carbons (Fsp3) is 0.739. The molecule has 0 atom stereocenters. The number of nitrogens with zero attached hydrogens (tertiary/aromatic N) is 2. The molecule has 2 rings (SSSR count). The van der Waals surface area contributed by atoms with Gasteiger partial charge in [0, 0.05) is 12.8 Å². The maximum atomic E-state index is 11.6. The van der Waals surface area contributed by atoms with Gasteiger partial charge in [-0.1, -0.05) is 0 Å². The molecule has 0 aromatic heterocycles. The van der Waals surface area contributed by atoms with Crippen LogP contribution in [0.4, 0.5) is 0 Å². The molecule has 2 aliphatic heterocycles. The normalized spacial score (nSPS) is 15.2. The van der Waals surface area contributed by atoms with Crippen molar-refractivity contribution in [2.24, 2.45) is 0 Å². The topological polar surface area (TPSA) is 183 Å². The molecule has 2 aliphatic rings. The summed E-state index contributed by atoms with van der Waals surface area (Å²) in [4.78, 5) is 77.1. The van der Waals surface area contributed by atoms with Gasteiger partial charge in [-0.05, 0) is 0 Å². The number of hydroxylamine groups is 4. The fourth-order valence-corrected chi connectivity index (χ4v) is 2.89. The Hall–Kier alpha value is -3.02. The molecule has 0 aliphatic carbocycles. The summed E-state index contributed by atoms with van der Waals surface area (Å²) in [7, 11) is 0. The van der Waals surface area contributed by atoms with Crippen molar-refractivity contribution in [3.8, 4) is 0 Å². The lowest BCUT2D eigenvalue weighted by atomic mass is 10.2. The first-order valence-corrected chi connectivity index (χ1v) is 12.5. The number of imide groups is 2. The van der Waals surface area contributed by atoms with E-state index in [2.05, 4.69) is 4.84 Å². The summed E-state index contributed by atoms with van der Waals surface area (Å²) in [5.74, 6) is -3.57. The quantitative estimate of drug-likeness (QED) is 0.0619. The molecular weight excluding hydrogens is 528 g/mol. The van der Waals surface area contributed by atoms with E-state index < -0.39 is 35.6 Å². The summed E-state index contributed by atoms with van der Waals surface area (Å²) in [5, 5.41) is 0.949. The molecule has 0 radical (unpaired) electrons. The summed E-state index contributed by atoms with van der Waals surface area (Å²) in [5.41, 5.74) is 0. The minimum Gasteiger partial charge on any atom is -0.378 e. The monoisotopic (exact) mass is 562 g/mol. The number of carbonyl (C=O) groups is 6. The zero-order chi connectivity index (χ0) is 28.3. The van der Waals surface area contributed by atoms with E-state index in [1.807, 2.05) is 0 Å². The van der Waals surface area contributed by atoms with E-state index in [9.17, 15) is 28.8 Å². The lowest BCUT2D eigenvalue weighted by Gasteiger charge is -2.25. The van der Waals surface area contributed by atoms with Crippen LogP contribution in [0, 0.1) is 0 Å². The fourth-order valence-electron chi connectivity index (χ4n) is 2.89. The molecule has 2 heterocycles. The largest absolute Gasteiger partial charge is 0.378 e. The Morgan fingerprint density at radius 1 is 0.462 bits per heavy atom. The molecule has 220 valence electrons. The lowest BCUT2D eigenvalue weighted by molar-refractivity contribution is -0.214. The summed E-state index contributed by atoms with van der Waals surface area (Å²) in [6, 6.07) is 0. The van der Waals surface area contributed by atoms with E-state index in [0.717, 1.165) is 0 Å². The lowest BCUT2D eigenvalue weighted by Crippen LogP contribution is -2.49. The Morgan fingerprint density at radius 3 is 1.05 bits per heavy atom. The van der Waals surface area contributed by atoms with E-state index in [0.29, 0.717) is 63.0 Å². The predicted molar refractivity (Wildman–Crippen MR) is 124 cm³/mol. The third-order valence-corrected chi connectivity index (χ3v) is 4.91. The van der Waals surface area contributed by atoms with Crippen molar-refractivity contribution in [1.29, 1.82) is 0 Å². The van der Waals surface area contributed by atoms with Crippen molar-refractivity contribution in [2.45, 2.75) is 32.1 Å². The number of ether oxygens (including phenoxy) is 6. The third kappa shape index (κ3) is 13.6. The average molecular weight is 563 g/mol. The summed E-state index contributed by atoms with van der Waals surface area (Å²) < 4.78 is 31.8. The Labute approximate surface area is 224 Å². The molecule has 0 spiro atoms. The van der Waals surface area contributed by atoms with Crippen LogP contribution in [0.2, 0.25) is 0 Å². The maximum absolute atomic E-state index is 11.6. The van der Waals surface area contributed by atoms with Gasteiger partial charge in [-0.25, -0.2) is 9.59 Å². The molecule has 4 amide bonds. The van der Waals surface area contributed by atoms with Gasteiger partial charge in [-0.15, -0.1) is 10.1 Å². The van der Waals surface area contributed by atoms with Crippen molar-refractivity contribution >= 4 is 35.6 Å². The predicted octanol–water partition coefficient (Wildman–Crippen LogP) is -1.31. The Kier molecular flexibility index (Phi) is 15.8. The molecule has 39 heavy (non-hydrogen) atoms. The second kappa shape index (κ2) is 19.1. The van der Waals surface area contributed by atoms with Crippen molar-refractivity contribution in [1.82, 2.24) is 10.1 Å². The number of hydrogen-bond donors (Lipinski definition) is 0. The van der Waals surface area contributed by atoms with Crippen LogP contribution in [-0.2, 0) is 66.9 Å². The highest BCUT2D eigenvalue weighted by Crippen LogP contribution is 2.13. The highest BCUT2D eigenvalue weighted by atomic mass is 16.7.